The summed E-state index contributed by atoms with van der Waals surface area (Å²) in [5.41, 5.74) is 0.185. The van der Waals surface area contributed by atoms with E-state index < -0.39 is 17.0 Å². The molecule has 1 aliphatic heterocycles. The van der Waals surface area contributed by atoms with Crippen LogP contribution in [0.4, 0.5) is 8.78 Å². The van der Waals surface area contributed by atoms with Gasteiger partial charge in [-0.15, -0.1) is 11.3 Å². The summed E-state index contributed by atoms with van der Waals surface area (Å²) in [6.07, 6.45) is 0. The molecule has 0 spiro atoms. The van der Waals surface area contributed by atoms with Crippen LogP contribution in [0.3, 0.4) is 0 Å². The molecule has 1 aliphatic rings. The third-order valence-corrected chi connectivity index (χ3v) is 4.57. The predicted molar refractivity (Wildman–Crippen MR) is 80.1 cm³/mol. The summed E-state index contributed by atoms with van der Waals surface area (Å²) in [5, 5.41) is 14.0. The van der Waals surface area contributed by atoms with Gasteiger partial charge in [0, 0.05) is 17.5 Å². The lowest BCUT2D eigenvalue weighted by Crippen LogP contribution is -2.53. The van der Waals surface area contributed by atoms with Crippen molar-refractivity contribution < 1.29 is 23.4 Å². The fourth-order valence-electron chi connectivity index (χ4n) is 2.14. The van der Waals surface area contributed by atoms with Crippen LogP contribution in [0, 0.1) is 17.0 Å². The lowest BCUT2D eigenvalue weighted by Gasteiger charge is -2.39. The molecule has 8 heteroatoms. The van der Waals surface area contributed by atoms with Gasteiger partial charge in [-0.25, -0.2) is 13.8 Å². The molecule has 2 heterocycles. The molecule has 2 aromatic rings. The highest BCUT2D eigenvalue weighted by molar-refractivity contribution is 7.13. The number of carbonyl (C=O) groups is 1. The summed E-state index contributed by atoms with van der Waals surface area (Å²) in [4.78, 5) is 16.2. The van der Waals surface area contributed by atoms with Crippen LogP contribution in [0.2, 0.25) is 0 Å². The van der Waals surface area contributed by atoms with E-state index in [1.54, 1.807) is 5.38 Å². The Balaban J connectivity index is 1.68. The first kappa shape index (κ1) is 16.0. The molecule has 5 nitrogen and oxygen atoms in total. The van der Waals surface area contributed by atoms with Crippen molar-refractivity contribution in [2.45, 2.75) is 0 Å². The number of thiazole rings is 1. The summed E-state index contributed by atoms with van der Waals surface area (Å²) in [7, 11) is 0. The van der Waals surface area contributed by atoms with Gasteiger partial charge in [0.2, 0.25) is 0 Å². The number of nitrogens with one attached hydrogen (secondary N) is 1. The molecule has 0 saturated carbocycles. The maximum atomic E-state index is 13.3. The minimum atomic E-state index is -0.960. The van der Waals surface area contributed by atoms with Gasteiger partial charge in [-0.05, 0) is 18.2 Å². The van der Waals surface area contributed by atoms with Crippen LogP contribution in [0.5, 0.6) is 0 Å². The number of aliphatic hydroxyl groups is 1. The lowest BCUT2D eigenvalue weighted by molar-refractivity contribution is -0.133. The molecule has 1 aromatic carbocycles. The fourth-order valence-corrected chi connectivity index (χ4v) is 2.94. The Bertz CT molecular complexity index is 726. The van der Waals surface area contributed by atoms with Crippen LogP contribution in [-0.2, 0) is 4.74 Å². The molecule has 3 rings (SSSR count). The molecule has 0 bridgehead atoms. The van der Waals surface area contributed by atoms with Crippen LogP contribution >= 0.6 is 11.3 Å². The van der Waals surface area contributed by atoms with Crippen LogP contribution in [0.15, 0.2) is 23.6 Å². The quantitative estimate of drug-likeness (QED) is 0.871. The molecule has 0 unspecified atom stereocenters. The van der Waals surface area contributed by atoms with E-state index in [1.807, 2.05) is 0 Å². The van der Waals surface area contributed by atoms with Crippen LogP contribution in [0.1, 0.15) is 10.5 Å². The molecule has 0 aliphatic carbocycles. The van der Waals surface area contributed by atoms with Crippen LogP contribution in [0.25, 0.3) is 10.6 Å². The number of ether oxygens (including phenoxy) is 1. The first-order chi connectivity index (χ1) is 11.0. The third-order valence-electron chi connectivity index (χ3n) is 3.68. The third kappa shape index (κ3) is 3.24. The number of hydrogen-bond acceptors (Lipinski definition) is 5. The summed E-state index contributed by atoms with van der Waals surface area (Å²) in [5.74, 6) is -2.27. The molecule has 23 heavy (non-hydrogen) atoms. The predicted octanol–water partition coefficient (Wildman–Crippen LogP) is 1.83. The molecule has 1 fully saturated rings. The second kappa shape index (κ2) is 6.31. The van der Waals surface area contributed by atoms with Gasteiger partial charge in [0.1, 0.15) is 10.7 Å². The van der Waals surface area contributed by atoms with E-state index in [2.05, 4.69) is 10.3 Å². The molecule has 0 atom stereocenters. The molecule has 2 N–H and O–H groups in total. The molecular weight excluding hydrogens is 326 g/mol. The Labute approximate surface area is 134 Å². The molecule has 1 amide bonds. The first-order valence-corrected chi connectivity index (χ1v) is 7.79. The summed E-state index contributed by atoms with van der Waals surface area (Å²) >= 11 is 1.17. The topological polar surface area (TPSA) is 71.5 Å². The van der Waals surface area contributed by atoms with Crippen molar-refractivity contribution in [3.8, 4) is 10.6 Å². The number of aliphatic hydroxyl groups excluding tert-OH is 1. The van der Waals surface area contributed by atoms with E-state index >= 15 is 0 Å². The Morgan fingerprint density at radius 2 is 2.17 bits per heavy atom. The van der Waals surface area contributed by atoms with Crippen molar-refractivity contribution in [1.29, 1.82) is 0 Å². The molecule has 1 aromatic heterocycles. The highest BCUT2D eigenvalue weighted by Gasteiger charge is 2.38. The second-order valence-electron chi connectivity index (χ2n) is 5.50. The van der Waals surface area contributed by atoms with Gasteiger partial charge in [-0.2, -0.15) is 0 Å². The van der Waals surface area contributed by atoms with Crippen molar-refractivity contribution in [1.82, 2.24) is 10.3 Å². The van der Waals surface area contributed by atoms with Gasteiger partial charge >= 0.3 is 0 Å². The highest BCUT2D eigenvalue weighted by atomic mass is 32.1. The zero-order chi connectivity index (χ0) is 16.4. The number of hydrogen-bond donors (Lipinski definition) is 2. The normalized spacial score (nSPS) is 16.0. The number of carbonyl (C=O) groups excluding carboxylic acids is 1. The minimum Gasteiger partial charge on any atom is -0.396 e. The molecule has 0 radical (unpaired) electrons. The van der Waals surface area contributed by atoms with E-state index in [0.717, 1.165) is 12.1 Å². The Morgan fingerprint density at radius 1 is 1.39 bits per heavy atom. The zero-order valence-electron chi connectivity index (χ0n) is 12.0. The molecule has 122 valence electrons. The number of benzene rings is 1. The van der Waals surface area contributed by atoms with Gasteiger partial charge in [-0.1, -0.05) is 0 Å². The van der Waals surface area contributed by atoms with Crippen molar-refractivity contribution in [3.05, 3.63) is 40.9 Å². The van der Waals surface area contributed by atoms with Crippen LogP contribution in [-0.4, -0.2) is 42.4 Å². The number of amides is 1. The second-order valence-corrected chi connectivity index (χ2v) is 6.36. The molecule has 1 saturated heterocycles. The van der Waals surface area contributed by atoms with Gasteiger partial charge in [-0.3, -0.25) is 4.79 Å². The van der Waals surface area contributed by atoms with E-state index in [9.17, 15) is 18.7 Å². The Morgan fingerprint density at radius 3 is 2.78 bits per heavy atom. The van der Waals surface area contributed by atoms with Crippen molar-refractivity contribution >= 4 is 17.2 Å². The lowest BCUT2D eigenvalue weighted by atomic mass is 9.87. The smallest absolute Gasteiger partial charge is 0.270 e. The van der Waals surface area contributed by atoms with E-state index in [-0.39, 0.29) is 18.2 Å². The van der Waals surface area contributed by atoms with Gasteiger partial charge < -0.3 is 15.2 Å². The minimum absolute atomic E-state index is 0.0650. The largest absolute Gasteiger partial charge is 0.396 e. The van der Waals surface area contributed by atoms with Crippen molar-refractivity contribution in [2.24, 2.45) is 5.41 Å². The molecular formula is C15H14F2N2O3S. The fraction of sp³-hybridized carbons (Fsp3) is 0.333. The highest BCUT2D eigenvalue weighted by Crippen LogP contribution is 2.27. The average Bonchev–Trinajstić information content (AvgIpc) is 2.99. The average molecular weight is 340 g/mol. The Hall–Kier alpha value is -1.90. The summed E-state index contributed by atoms with van der Waals surface area (Å²) in [6, 6.07) is 3.47. The summed E-state index contributed by atoms with van der Waals surface area (Å²) in [6.45, 7) is 1.03. The zero-order valence-corrected chi connectivity index (χ0v) is 12.8. The van der Waals surface area contributed by atoms with Gasteiger partial charge in [0.15, 0.2) is 11.6 Å². The maximum absolute atomic E-state index is 13.3. The van der Waals surface area contributed by atoms with E-state index in [1.165, 1.54) is 17.4 Å². The van der Waals surface area contributed by atoms with E-state index in [4.69, 9.17) is 4.74 Å². The van der Waals surface area contributed by atoms with Gasteiger partial charge in [0.05, 0.1) is 25.2 Å². The number of aromatic nitrogens is 1. The first-order valence-electron chi connectivity index (χ1n) is 6.91. The van der Waals surface area contributed by atoms with Crippen molar-refractivity contribution in [2.75, 3.05) is 26.4 Å². The number of rotatable bonds is 5. The summed E-state index contributed by atoms with van der Waals surface area (Å²) < 4.78 is 31.3. The SMILES string of the molecule is O=C(NCC1(CO)COC1)c1csc(-c2ccc(F)c(F)c2)n1. The maximum Gasteiger partial charge on any atom is 0.270 e. The number of nitrogens with zero attached hydrogens (tertiary/aromatic N) is 1. The van der Waals surface area contributed by atoms with Crippen molar-refractivity contribution in [3.63, 3.8) is 0 Å². The monoisotopic (exact) mass is 340 g/mol. The Kier molecular flexibility index (Phi) is 4.38. The van der Waals surface area contributed by atoms with Crippen LogP contribution < -0.4 is 5.32 Å². The van der Waals surface area contributed by atoms with Gasteiger partial charge in [0.25, 0.3) is 5.91 Å². The standard InChI is InChI=1S/C15H14F2N2O3S/c16-10-2-1-9(3-11(10)17)14-19-12(4-23-14)13(21)18-5-15(6-20)7-22-8-15/h1-4,20H,5-8H2,(H,18,21). The number of halogens is 2. The van der Waals surface area contributed by atoms with E-state index in [0.29, 0.717) is 30.3 Å².